The third kappa shape index (κ3) is 5.95. The molecule has 0 saturated heterocycles. The molecule has 330 valence electrons. The van der Waals surface area contributed by atoms with E-state index in [0.717, 1.165) is 68.0 Å². The van der Waals surface area contributed by atoms with Gasteiger partial charge in [0, 0.05) is 5.56 Å². The molecular formula is C60H36N6O4. The highest BCUT2D eigenvalue weighted by Gasteiger charge is 2.42. The number of nitrogens with zero attached hydrogens (tertiary/aromatic N) is 6. The first-order chi connectivity index (χ1) is 34.7. The van der Waals surface area contributed by atoms with Crippen LogP contribution in [0.2, 0.25) is 0 Å². The average Bonchev–Trinajstić information content (AvgIpc) is 3.42. The minimum atomic E-state index is 0.526. The number of benzene rings is 9. The fourth-order valence-corrected chi connectivity index (χ4v) is 10.0. The molecule has 14 rings (SSSR count). The number of nitriles is 1. The molecule has 0 N–H and O–H groups in total. The van der Waals surface area contributed by atoms with E-state index in [9.17, 15) is 5.26 Å². The lowest BCUT2D eigenvalue weighted by molar-refractivity contribution is 0.475. The maximum atomic E-state index is 10.3. The van der Waals surface area contributed by atoms with Gasteiger partial charge < -0.3 is 18.9 Å². The second-order valence-electron chi connectivity index (χ2n) is 17.0. The molecular weight excluding hydrogens is 869 g/mol. The molecule has 4 aliphatic rings. The summed E-state index contributed by atoms with van der Waals surface area (Å²) in [6.45, 7) is 0. The van der Waals surface area contributed by atoms with Crippen molar-refractivity contribution in [2.24, 2.45) is 0 Å². The standard InChI is InChI=1S/C60H36N6O4/c61-37-38-33-35-39(36-34-38)56-57(63-40-17-1-9-25-48(40)67-49-26-10-2-18-41(49)63)59(65-44-21-5-13-29-52(44)69-53-30-14-6-22-45(53)65)62-60(66-46-23-7-15-31-54(46)70-55-32-16-8-24-47(55)66)58(56)64-42-19-3-11-27-50(42)68-51-28-12-4-20-43(51)64/h1-36H. The number of anilines is 12. The Morgan fingerprint density at radius 3 is 0.800 bits per heavy atom. The van der Waals surface area contributed by atoms with Crippen LogP contribution in [0.15, 0.2) is 218 Å². The van der Waals surface area contributed by atoms with Crippen LogP contribution in [0, 0.1) is 11.3 Å². The predicted molar refractivity (Wildman–Crippen MR) is 273 cm³/mol. The van der Waals surface area contributed by atoms with Crippen LogP contribution in [0.25, 0.3) is 11.1 Å². The van der Waals surface area contributed by atoms with Gasteiger partial charge >= 0.3 is 0 Å². The molecule has 10 heteroatoms. The smallest absolute Gasteiger partial charge is 0.165 e. The highest BCUT2D eigenvalue weighted by Crippen LogP contribution is 2.65. The van der Waals surface area contributed by atoms with Crippen molar-refractivity contribution >= 4 is 68.5 Å². The maximum Gasteiger partial charge on any atom is 0.165 e. The van der Waals surface area contributed by atoms with Crippen LogP contribution in [-0.2, 0) is 0 Å². The quantitative estimate of drug-likeness (QED) is 0.166. The van der Waals surface area contributed by atoms with Gasteiger partial charge in [0.05, 0.1) is 57.1 Å². The zero-order valence-electron chi connectivity index (χ0n) is 37.1. The number of hydrogen-bond acceptors (Lipinski definition) is 10. The minimum Gasteiger partial charge on any atom is -0.453 e. The van der Waals surface area contributed by atoms with Crippen molar-refractivity contribution in [2.75, 3.05) is 19.6 Å². The lowest BCUT2D eigenvalue weighted by Gasteiger charge is -2.43. The Hall–Kier alpha value is -9.98. The van der Waals surface area contributed by atoms with Crippen molar-refractivity contribution in [1.82, 2.24) is 4.98 Å². The Morgan fingerprint density at radius 2 is 0.543 bits per heavy atom. The molecule has 0 aliphatic carbocycles. The number of hydrogen-bond donors (Lipinski definition) is 0. The first-order valence-electron chi connectivity index (χ1n) is 22.9. The van der Waals surface area contributed by atoms with Gasteiger partial charge in [-0.2, -0.15) is 5.26 Å². The predicted octanol–water partition coefficient (Wildman–Crippen LogP) is 16.9. The van der Waals surface area contributed by atoms with Crippen LogP contribution in [0.1, 0.15) is 5.56 Å². The summed E-state index contributed by atoms with van der Waals surface area (Å²) < 4.78 is 27.0. The highest BCUT2D eigenvalue weighted by atomic mass is 16.5. The molecule has 4 aliphatic heterocycles. The van der Waals surface area contributed by atoms with Gasteiger partial charge in [-0.3, -0.25) is 19.6 Å². The Morgan fingerprint density at radius 1 is 0.300 bits per heavy atom. The number of para-hydroxylation sites is 16. The summed E-state index contributed by atoms with van der Waals surface area (Å²) in [5.74, 6) is 6.53. The van der Waals surface area contributed by atoms with Crippen LogP contribution in [0.3, 0.4) is 0 Å². The van der Waals surface area contributed by atoms with E-state index in [1.54, 1.807) is 0 Å². The van der Waals surface area contributed by atoms with E-state index in [-0.39, 0.29) is 0 Å². The van der Waals surface area contributed by atoms with E-state index < -0.39 is 0 Å². The molecule has 0 spiro atoms. The van der Waals surface area contributed by atoms with E-state index >= 15 is 0 Å². The van der Waals surface area contributed by atoms with Crippen molar-refractivity contribution < 1.29 is 18.9 Å². The monoisotopic (exact) mass is 904 g/mol. The molecule has 5 heterocycles. The number of aromatic nitrogens is 1. The summed E-state index contributed by atoms with van der Waals surface area (Å²) in [4.78, 5) is 15.2. The Kier molecular flexibility index (Phi) is 8.71. The third-order valence-corrected chi connectivity index (χ3v) is 13.0. The molecule has 0 amide bonds. The van der Waals surface area contributed by atoms with Crippen molar-refractivity contribution in [3.05, 3.63) is 224 Å². The number of rotatable bonds is 5. The lowest BCUT2D eigenvalue weighted by Crippen LogP contribution is -2.27. The molecule has 0 radical (unpaired) electrons. The zero-order valence-corrected chi connectivity index (χ0v) is 37.1. The highest BCUT2D eigenvalue weighted by molar-refractivity contribution is 6.12. The number of fused-ring (bicyclic) bond motifs is 8. The van der Waals surface area contributed by atoms with Gasteiger partial charge in [0.2, 0.25) is 0 Å². The first kappa shape index (κ1) is 39.2. The van der Waals surface area contributed by atoms with Gasteiger partial charge in [-0.25, -0.2) is 4.98 Å². The second kappa shape index (κ2) is 15.6. The normalized spacial score (nSPS) is 13.2. The van der Waals surface area contributed by atoms with Gasteiger partial charge in [-0.05, 0) is 115 Å². The molecule has 10 nitrogen and oxygen atoms in total. The Labute approximate surface area is 402 Å². The SMILES string of the molecule is N#Cc1ccc(-c2c(N3c4ccccc4Oc4ccccc43)c(N3c4ccccc4Oc4ccccc43)nc(N3c4ccccc4Oc4ccccc43)c2N2c3ccccc3Oc3ccccc32)cc1. The van der Waals surface area contributed by atoms with Crippen molar-refractivity contribution in [3.8, 4) is 63.2 Å². The lowest BCUT2D eigenvalue weighted by atomic mass is 9.95. The number of ether oxygens (including phenoxy) is 4. The van der Waals surface area contributed by atoms with Crippen LogP contribution < -0.4 is 38.5 Å². The first-order valence-corrected chi connectivity index (χ1v) is 22.9. The van der Waals surface area contributed by atoms with Crippen molar-refractivity contribution in [2.45, 2.75) is 0 Å². The van der Waals surface area contributed by atoms with E-state index in [0.29, 0.717) is 63.2 Å². The maximum absolute atomic E-state index is 10.3. The molecule has 9 aromatic carbocycles. The molecule has 0 saturated carbocycles. The van der Waals surface area contributed by atoms with Crippen LogP contribution >= 0.6 is 0 Å². The summed E-state index contributed by atoms with van der Waals surface area (Å²) in [5, 5.41) is 10.3. The fraction of sp³-hybridized carbons (Fsp3) is 0. The molecule has 0 unspecified atom stereocenters. The van der Waals surface area contributed by atoms with E-state index in [1.165, 1.54) is 0 Å². The molecule has 0 bridgehead atoms. The summed E-state index contributed by atoms with van der Waals surface area (Å²) in [7, 11) is 0. The second-order valence-corrected chi connectivity index (χ2v) is 17.0. The summed E-state index contributed by atoms with van der Waals surface area (Å²) in [5.41, 5.74) is 9.98. The van der Waals surface area contributed by atoms with Gasteiger partial charge in [0.1, 0.15) is 11.4 Å². The van der Waals surface area contributed by atoms with E-state index in [1.807, 2.05) is 170 Å². The van der Waals surface area contributed by atoms with Crippen molar-refractivity contribution in [3.63, 3.8) is 0 Å². The average molecular weight is 905 g/mol. The Bertz CT molecular complexity index is 3410. The van der Waals surface area contributed by atoms with Crippen molar-refractivity contribution in [1.29, 1.82) is 5.26 Å². The fourth-order valence-electron chi connectivity index (χ4n) is 10.0. The molecule has 0 atom stereocenters. The summed E-state index contributed by atoms with van der Waals surface area (Å²) in [6.07, 6.45) is 0. The topological polar surface area (TPSA) is 86.6 Å². The van der Waals surface area contributed by atoms with Gasteiger partial charge in [-0.1, -0.05) is 109 Å². The molecule has 10 aromatic rings. The van der Waals surface area contributed by atoms with Crippen LogP contribution in [-0.4, -0.2) is 4.98 Å². The van der Waals surface area contributed by atoms with E-state index in [4.69, 9.17) is 23.9 Å². The van der Waals surface area contributed by atoms with E-state index in [2.05, 4.69) is 74.2 Å². The summed E-state index contributed by atoms with van der Waals surface area (Å²) in [6, 6.07) is 74.9. The third-order valence-electron chi connectivity index (χ3n) is 13.0. The largest absolute Gasteiger partial charge is 0.453 e. The van der Waals surface area contributed by atoms with Crippen LogP contribution in [0.4, 0.5) is 68.5 Å². The minimum absolute atomic E-state index is 0.526. The van der Waals surface area contributed by atoms with Gasteiger partial charge in [0.25, 0.3) is 0 Å². The molecule has 0 fully saturated rings. The number of pyridine rings is 1. The van der Waals surface area contributed by atoms with Gasteiger partial charge in [0.15, 0.2) is 57.6 Å². The van der Waals surface area contributed by atoms with Gasteiger partial charge in [-0.15, -0.1) is 0 Å². The molecule has 70 heavy (non-hydrogen) atoms. The molecule has 1 aromatic heterocycles. The van der Waals surface area contributed by atoms with Crippen LogP contribution in [0.5, 0.6) is 46.0 Å². The summed E-state index contributed by atoms with van der Waals surface area (Å²) >= 11 is 0. The zero-order chi connectivity index (χ0) is 46.3. The Balaban J connectivity index is 1.24.